The van der Waals surface area contributed by atoms with Gasteiger partial charge in [-0.3, -0.25) is 14.8 Å². The van der Waals surface area contributed by atoms with Crippen molar-refractivity contribution < 1.29 is 9.53 Å². The Morgan fingerprint density at radius 2 is 1.97 bits per heavy atom. The first-order chi connectivity index (χ1) is 16.0. The summed E-state index contributed by atoms with van der Waals surface area (Å²) in [5.74, 6) is 4.02. The Hall–Kier alpha value is -3.47. The third-order valence-electron chi connectivity index (χ3n) is 6.04. The van der Waals surface area contributed by atoms with Crippen LogP contribution < -0.4 is 15.0 Å². The summed E-state index contributed by atoms with van der Waals surface area (Å²) in [7, 11) is 1.67. The molecule has 174 valence electrons. The first-order valence-corrected chi connectivity index (χ1v) is 11.3. The van der Waals surface area contributed by atoms with E-state index in [9.17, 15) is 4.79 Å². The number of hydrogen-bond donors (Lipinski definition) is 2. The number of aromatic nitrogens is 6. The zero-order valence-electron chi connectivity index (χ0n) is 19.2. The highest BCUT2D eigenvalue weighted by Crippen LogP contribution is 2.34. The third-order valence-corrected chi connectivity index (χ3v) is 6.04. The highest BCUT2D eigenvalue weighted by atomic mass is 16.5. The Balaban J connectivity index is 1.36. The van der Waals surface area contributed by atoms with Crippen LogP contribution in [0.4, 0.5) is 5.82 Å². The van der Waals surface area contributed by atoms with E-state index in [2.05, 4.69) is 48.7 Å². The van der Waals surface area contributed by atoms with Crippen molar-refractivity contribution in [2.45, 2.75) is 26.3 Å². The number of ether oxygens (including phenoxy) is 1. The van der Waals surface area contributed by atoms with E-state index in [0.29, 0.717) is 31.4 Å². The van der Waals surface area contributed by atoms with Crippen LogP contribution in [0.5, 0.6) is 5.88 Å². The van der Waals surface area contributed by atoms with Gasteiger partial charge in [0.05, 0.1) is 18.7 Å². The van der Waals surface area contributed by atoms with Crippen LogP contribution in [0, 0.1) is 0 Å². The fraction of sp³-hybridized carbons (Fsp3) is 0.500. The number of imidazole rings is 1. The molecule has 2 N–H and O–H groups in total. The fourth-order valence-electron chi connectivity index (χ4n) is 4.11. The van der Waals surface area contributed by atoms with Crippen molar-refractivity contribution in [3.05, 3.63) is 24.2 Å². The maximum atomic E-state index is 11.6. The molecule has 5 heterocycles. The summed E-state index contributed by atoms with van der Waals surface area (Å²) in [6, 6.07) is 4.05. The van der Waals surface area contributed by atoms with Gasteiger partial charge in [0.1, 0.15) is 23.9 Å². The van der Waals surface area contributed by atoms with Crippen molar-refractivity contribution >= 4 is 11.7 Å². The molecule has 1 saturated heterocycles. The minimum absolute atomic E-state index is 0.0423. The number of anilines is 1. The lowest BCUT2D eigenvalue weighted by molar-refractivity contribution is -0.121. The van der Waals surface area contributed by atoms with Gasteiger partial charge < -0.3 is 19.5 Å². The SMILES string of the molecule is CNC(=O)CN1CCN(c2ccc3c(n2)OCCn2cc(-c4nc(C(C)C)n[nH]4)nc2-3)CC1. The second kappa shape index (κ2) is 8.81. The van der Waals surface area contributed by atoms with E-state index in [1.54, 1.807) is 7.05 Å². The fourth-order valence-corrected chi connectivity index (χ4v) is 4.11. The van der Waals surface area contributed by atoms with Gasteiger partial charge in [0.25, 0.3) is 0 Å². The lowest BCUT2D eigenvalue weighted by atomic mass is 10.2. The normalized spacial score (nSPS) is 16.2. The van der Waals surface area contributed by atoms with E-state index in [1.807, 2.05) is 18.3 Å². The van der Waals surface area contributed by atoms with Crippen molar-refractivity contribution in [2.24, 2.45) is 0 Å². The predicted molar refractivity (Wildman–Crippen MR) is 123 cm³/mol. The van der Waals surface area contributed by atoms with E-state index in [1.165, 1.54) is 0 Å². The molecule has 0 bridgehead atoms. The number of aromatic amines is 1. The van der Waals surface area contributed by atoms with Crippen LogP contribution in [0.25, 0.3) is 22.9 Å². The van der Waals surface area contributed by atoms with Crippen molar-refractivity contribution in [2.75, 3.05) is 51.3 Å². The lowest BCUT2D eigenvalue weighted by Gasteiger charge is -2.35. The van der Waals surface area contributed by atoms with E-state index in [-0.39, 0.29) is 11.8 Å². The third kappa shape index (κ3) is 4.28. The van der Waals surface area contributed by atoms with Crippen LogP contribution in [-0.4, -0.2) is 86.9 Å². The number of carbonyl (C=O) groups is 1. The predicted octanol–water partition coefficient (Wildman–Crippen LogP) is 1.11. The summed E-state index contributed by atoms with van der Waals surface area (Å²) in [4.78, 5) is 30.3. The average molecular weight is 452 g/mol. The Labute approximate surface area is 192 Å². The second-order valence-corrected chi connectivity index (χ2v) is 8.65. The van der Waals surface area contributed by atoms with Crippen molar-refractivity contribution in [3.8, 4) is 28.8 Å². The van der Waals surface area contributed by atoms with E-state index < -0.39 is 0 Å². The smallest absolute Gasteiger partial charge is 0.233 e. The molecule has 0 unspecified atom stereocenters. The molecule has 2 aliphatic rings. The van der Waals surface area contributed by atoms with Crippen LogP contribution in [-0.2, 0) is 11.3 Å². The zero-order chi connectivity index (χ0) is 22.9. The minimum atomic E-state index is 0.0423. The number of likely N-dealkylation sites (N-methyl/N-ethyl adjacent to an activating group) is 1. The highest BCUT2D eigenvalue weighted by Gasteiger charge is 2.24. The Bertz CT molecular complexity index is 1140. The van der Waals surface area contributed by atoms with Gasteiger partial charge in [-0.05, 0) is 12.1 Å². The molecule has 1 fully saturated rings. The largest absolute Gasteiger partial charge is 0.475 e. The molecule has 3 aromatic heterocycles. The molecule has 11 heteroatoms. The number of fused-ring (bicyclic) bond motifs is 3. The molecule has 5 rings (SSSR count). The molecule has 1 amide bonds. The standard InChI is InChI=1S/C22H29N9O2/c1-14(2)19-26-20(28-27-19)16-12-31-10-11-33-22-15(21(31)24-16)4-5-17(25-22)30-8-6-29(7-9-30)13-18(32)23-3/h4-5,12,14H,6-11,13H2,1-3H3,(H,23,32)(H,26,27,28). The topological polar surface area (TPSA) is 117 Å². The molecule has 0 aliphatic carbocycles. The first kappa shape index (κ1) is 21.4. The molecule has 0 aromatic carbocycles. The molecule has 0 radical (unpaired) electrons. The van der Waals surface area contributed by atoms with E-state index in [0.717, 1.165) is 54.9 Å². The van der Waals surface area contributed by atoms with Crippen molar-refractivity contribution in [3.63, 3.8) is 0 Å². The number of H-pyrrole nitrogens is 1. The summed E-state index contributed by atoms with van der Waals surface area (Å²) in [5.41, 5.74) is 1.62. The van der Waals surface area contributed by atoms with Gasteiger partial charge >= 0.3 is 0 Å². The summed E-state index contributed by atoms with van der Waals surface area (Å²) in [6.45, 7) is 9.00. The molecular formula is C22H29N9O2. The molecule has 0 atom stereocenters. The van der Waals surface area contributed by atoms with Gasteiger partial charge in [0, 0.05) is 45.3 Å². The van der Waals surface area contributed by atoms with Gasteiger partial charge in [0.2, 0.25) is 11.8 Å². The minimum Gasteiger partial charge on any atom is -0.475 e. The maximum Gasteiger partial charge on any atom is 0.233 e. The summed E-state index contributed by atoms with van der Waals surface area (Å²) >= 11 is 0. The maximum absolute atomic E-state index is 11.6. The van der Waals surface area contributed by atoms with Crippen molar-refractivity contribution in [1.82, 2.24) is 39.9 Å². The quantitative estimate of drug-likeness (QED) is 0.593. The number of carbonyl (C=O) groups excluding carboxylic acids is 1. The van der Waals surface area contributed by atoms with Gasteiger partial charge in [0.15, 0.2) is 11.6 Å². The number of amides is 1. The Morgan fingerprint density at radius 3 is 2.70 bits per heavy atom. The second-order valence-electron chi connectivity index (χ2n) is 8.65. The molecule has 11 nitrogen and oxygen atoms in total. The number of hydrogen-bond acceptors (Lipinski definition) is 8. The molecule has 3 aromatic rings. The molecular weight excluding hydrogens is 422 g/mol. The lowest BCUT2D eigenvalue weighted by Crippen LogP contribution is -2.49. The van der Waals surface area contributed by atoms with Crippen LogP contribution in [0.15, 0.2) is 18.3 Å². The van der Waals surface area contributed by atoms with Gasteiger partial charge in [-0.1, -0.05) is 13.8 Å². The number of piperazine rings is 1. The number of rotatable bonds is 5. The van der Waals surface area contributed by atoms with Gasteiger partial charge in [-0.15, -0.1) is 0 Å². The number of pyridine rings is 1. The summed E-state index contributed by atoms with van der Waals surface area (Å²) in [5, 5.41) is 9.98. The highest BCUT2D eigenvalue weighted by molar-refractivity contribution is 5.77. The van der Waals surface area contributed by atoms with Crippen LogP contribution in [0.2, 0.25) is 0 Å². The first-order valence-electron chi connectivity index (χ1n) is 11.3. The summed E-state index contributed by atoms with van der Waals surface area (Å²) in [6.07, 6.45) is 1.98. The molecule has 2 aliphatic heterocycles. The zero-order valence-corrected chi connectivity index (χ0v) is 19.2. The number of nitrogens with zero attached hydrogens (tertiary/aromatic N) is 7. The Morgan fingerprint density at radius 1 is 1.15 bits per heavy atom. The summed E-state index contributed by atoms with van der Waals surface area (Å²) < 4.78 is 8.07. The Kier molecular flexibility index (Phi) is 5.71. The molecule has 33 heavy (non-hydrogen) atoms. The van der Waals surface area contributed by atoms with Crippen LogP contribution in [0.3, 0.4) is 0 Å². The average Bonchev–Trinajstić information content (AvgIpc) is 3.44. The number of nitrogens with one attached hydrogen (secondary N) is 2. The van der Waals surface area contributed by atoms with Crippen LogP contribution >= 0.6 is 0 Å². The van der Waals surface area contributed by atoms with E-state index >= 15 is 0 Å². The van der Waals surface area contributed by atoms with Gasteiger partial charge in [-0.25, -0.2) is 9.97 Å². The van der Waals surface area contributed by atoms with Crippen molar-refractivity contribution in [1.29, 1.82) is 0 Å². The molecule has 0 spiro atoms. The monoisotopic (exact) mass is 451 g/mol. The van der Waals surface area contributed by atoms with Gasteiger partial charge in [-0.2, -0.15) is 10.1 Å². The molecule has 0 saturated carbocycles. The van der Waals surface area contributed by atoms with E-state index in [4.69, 9.17) is 14.7 Å². The van der Waals surface area contributed by atoms with Crippen LogP contribution in [0.1, 0.15) is 25.6 Å².